The highest BCUT2D eigenvalue weighted by atomic mass is 35.5. The van der Waals surface area contributed by atoms with E-state index in [1.165, 1.54) is 6.08 Å². The summed E-state index contributed by atoms with van der Waals surface area (Å²) >= 11 is 6.99. The number of hydrogen-bond acceptors (Lipinski definition) is 9. The predicted molar refractivity (Wildman–Crippen MR) is 134 cm³/mol. The Labute approximate surface area is 212 Å². The number of sulfone groups is 1. The van der Waals surface area contributed by atoms with E-state index >= 15 is 0 Å². The van der Waals surface area contributed by atoms with Crippen molar-refractivity contribution in [3.8, 4) is 17.6 Å². The minimum absolute atomic E-state index is 0.0404. The van der Waals surface area contributed by atoms with Gasteiger partial charge in [-0.05, 0) is 60.9 Å². The van der Waals surface area contributed by atoms with Crippen molar-refractivity contribution in [2.24, 2.45) is 0 Å². The van der Waals surface area contributed by atoms with Gasteiger partial charge in [0.15, 0.2) is 0 Å². The van der Waals surface area contributed by atoms with Gasteiger partial charge in [-0.1, -0.05) is 23.7 Å². The second kappa shape index (κ2) is 11.3. The number of carbonyl (C=O) groups excluding carboxylic acids is 1. The van der Waals surface area contributed by atoms with Crippen molar-refractivity contribution in [2.75, 3.05) is 24.8 Å². The standard InChI is InChI=1S/C23H21ClN4O5S2/c1-14-8-15(2)10-18(9-14)32-6-7-33-20-5-4-16(12-19(20)24)11-17(13-25)21(29)26-22-27-23(28-34-22)35(3,30)31/h4-5,8-12H,6-7H2,1-3H3,(H,26,27,28,29). The Morgan fingerprint density at radius 2 is 1.86 bits per heavy atom. The second-order valence-corrected chi connectivity index (χ2v) is 10.6. The van der Waals surface area contributed by atoms with Gasteiger partial charge in [0.05, 0.1) is 5.02 Å². The molecule has 0 radical (unpaired) electrons. The molecule has 0 aliphatic heterocycles. The summed E-state index contributed by atoms with van der Waals surface area (Å²) in [4.78, 5) is 16.1. The van der Waals surface area contributed by atoms with Crippen molar-refractivity contribution in [2.45, 2.75) is 19.0 Å². The van der Waals surface area contributed by atoms with Crippen LogP contribution in [0.15, 0.2) is 47.1 Å². The molecule has 1 N–H and O–H groups in total. The van der Waals surface area contributed by atoms with Crippen molar-refractivity contribution in [1.82, 2.24) is 9.36 Å². The average Bonchev–Trinajstić information content (AvgIpc) is 3.24. The van der Waals surface area contributed by atoms with E-state index < -0.39 is 20.9 Å². The Morgan fingerprint density at radius 1 is 1.17 bits per heavy atom. The number of nitrogens with zero attached hydrogens (tertiary/aromatic N) is 3. The molecular formula is C23H21ClN4O5S2. The van der Waals surface area contributed by atoms with Crippen LogP contribution in [0.3, 0.4) is 0 Å². The summed E-state index contributed by atoms with van der Waals surface area (Å²) < 4.78 is 38.0. The molecule has 0 fully saturated rings. The van der Waals surface area contributed by atoms with Gasteiger partial charge in [-0.25, -0.2) is 8.42 Å². The lowest BCUT2D eigenvalue weighted by Gasteiger charge is -2.11. The molecule has 0 bridgehead atoms. The Bertz CT molecular complexity index is 1410. The van der Waals surface area contributed by atoms with Gasteiger partial charge in [-0.2, -0.15) is 14.6 Å². The molecule has 1 amide bonds. The molecule has 0 aliphatic rings. The fraction of sp³-hybridized carbons (Fsp3) is 0.217. The van der Waals surface area contributed by atoms with Gasteiger partial charge in [0, 0.05) is 17.8 Å². The highest BCUT2D eigenvalue weighted by Gasteiger charge is 2.17. The number of nitrogens with one attached hydrogen (secondary N) is 1. The van der Waals surface area contributed by atoms with Crippen molar-refractivity contribution in [1.29, 1.82) is 5.26 Å². The maximum absolute atomic E-state index is 12.4. The zero-order valence-corrected chi connectivity index (χ0v) is 21.4. The van der Waals surface area contributed by atoms with E-state index in [1.54, 1.807) is 24.3 Å². The maximum atomic E-state index is 12.4. The van der Waals surface area contributed by atoms with Crippen LogP contribution in [0.4, 0.5) is 5.13 Å². The highest BCUT2D eigenvalue weighted by Crippen LogP contribution is 2.27. The van der Waals surface area contributed by atoms with Crippen LogP contribution in [-0.2, 0) is 14.6 Å². The molecule has 0 saturated heterocycles. The lowest BCUT2D eigenvalue weighted by atomic mass is 10.1. The number of halogens is 1. The number of hydrogen-bond donors (Lipinski definition) is 1. The number of nitriles is 1. The van der Waals surface area contributed by atoms with Crippen molar-refractivity contribution < 1.29 is 22.7 Å². The van der Waals surface area contributed by atoms with Crippen LogP contribution in [-0.4, -0.2) is 43.2 Å². The SMILES string of the molecule is Cc1cc(C)cc(OCCOc2ccc(C=C(C#N)C(=O)Nc3nc(S(C)(=O)=O)ns3)cc2Cl)c1. The highest BCUT2D eigenvalue weighted by molar-refractivity contribution is 7.90. The lowest BCUT2D eigenvalue weighted by molar-refractivity contribution is -0.112. The van der Waals surface area contributed by atoms with Crippen LogP contribution in [0.2, 0.25) is 5.02 Å². The van der Waals surface area contributed by atoms with Gasteiger partial charge < -0.3 is 9.47 Å². The molecule has 2 aromatic carbocycles. The molecule has 0 saturated carbocycles. The van der Waals surface area contributed by atoms with Crippen LogP contribution in [0, 0.1) is 25.2 Å². The molecule has 1 heterocycles. The molecule has 35 heavy (non-hydrogen) atoms. The van der Waals surface area contributed by atoms with Gasteiger partial charge in [0.1, 0.15) is 36.4 Å². The van der Waals surface area contributed by atoms with Crippen LogP contribution >= 0.6 is 23.1 Å². The van der Waals surface area contributed by atoms with Crippen LogP contribution in [0.1, 0.15) is 16.7 Å². The predicted octanol–water partition coefficient (Wildman–Crippen LogP) is 4.22. The summed E-state index contributed by atoms with van der Waals surface area (Å²) in [5, 5.41) is 11.6. The van der Waals surface area contributed by atoms with E-state index in [0.717, 1.165) is 23.1 Å². The van der Waals surface area contributed by atoms with Crippen molar-refractivity contribution in [3.05, 3.63) is 63.7 Å². The molecule has 12 heteroatoms. The first-order chi connectivity index (χ1) is 16.5. The normalized spacial score (nSPS) is 11.6. The third kappa shape index (κ3) is 7.51. The molecule has 0 unspecified atom stereocenters. The van der Waals surface area contributed by atoms with Crippen molar-refractivity contribution >= 4 is 50.1 Å². The molecule has 9 nitrogen and oxygen atoms in total. The van der Waals surface area contributed by atoms with Crippen LogP contribution in [0.25, 0.3) is 6.08 Å². The molecule has 3 rings (SSSR count). The number of benzene rings is 2. The molecule has 1 aromatic heterocycles. The van der Waals surface area contributed by atoms with Gasteiger partial charge in [-0.15, -0.1) is 0 Å². The summed E-state index contributed by atoms with van der Waals surface area (Å²) in [6.07, 6.45) is 2.29. The van der Waals surface area contributed by atoms with Crippen LogP contribution in [0.5, 0.6) is 11.5 Å². The van der Waals surface area contributed by atoms with Gasteiger partial charge in [-0.3, -0.25) is 10.1 Å². The molecule has 0 aliphatic carbocycles. The fourth-order valence-corrected chi connectivity index (χ4v) is 4.63. The Balaban J connectivity index is 1.60. The van der Waals surface area contributed by atoms with E-state index in [4.69, 9.17) is 21.1 Å². The number of amides is 1. The minimum atomic E-state index is -3.60. The first kappa shape index (κ1) is 26.2. The molecular weight excluding hydrogens is 512 g/mol. The van der Waals surface area contributed by atoms with Gasteiger partial charge in [0.25, 0.3) is 11.1 Å². The number of anilines is 1. The van der Waals surface area contributed by atoms with E-state index in [1.807, 2.05) is 26.0 Å². The average molecular weight is 533 g/mol. The lowest BCUT2D eigenvalue weighted by Crippen LogP contribution is -2.13. The number of rotatable bonds is 9. The minimum Gasteiger partial charge on any atom is -0.490 e. The first-order valence-corrected chi connectivity index (χ1v) is 13.2. The van der Waals surface area contributed by atoms with E-state index in [0.29, 0.717) is 34.5 Å². The number of aromatic nitrogens is 2. The van der Waals surface area contributed by atoms with E-state index in [2.05, 4.69) is 20.7 Å². The second-order valence-electron chi connectivity index (χ2n) is 7.49. The topological polar surface area (TPSA) is 131 Å². The zero-order valence-electron chi connectivity index (χ0n) is 19.0. The molecule has 0 spiro atoms. The van der Waals surface area contributed by atoms with Gasteiger partial charge in [0.2, 0.25) is 15.0 Å². The maximum Gasteiger partial charge on any atom is 0.268 e. The Kier molecular flexibility index (Phi) is 8.45. The quantitative estimate of drug-likeness (QED) is 0.246. The third-order valence-corrected chi connectivity index (χ3v) is 6.28. The molecule has 182 valence electrons. The monoisotopic (exact) mass is 532 g/mol. The van der Waals surface area contributed by atoms with E-state index in [-0.39, 0.29) is 17.3 Å². The summed E-state index contributed by atoms with van der Waals surface area (Å²) in [5.74, 6) is 0.433. The Morgan fingerprint density at radius 3 is 2.46 bits per heavy atom. The van der Waals surface area contributed by atoms with E-state index in [9.17, 15) is 18.5 Å². The largest absolute Gasteiger partial charge is 0.490 e. The summed E-state index contributed by atoms with van der Waals surface area (Å²) in [5.41, 5.74) is 2.49. The summed E-state index contributed by atoms with van der Waals surface area (Å²) in [6.45, 7) is 4.59. The molecule has 0 atom stereocenters. The summed E-state index contributed by atoms with van der Waals surface area (Å²) in [7, 11) is -3.60. The number of aryl methyl sites for hydroxylation is 2. The molecule has 3 aromatic rings. The van der Waals surface area contributed by atoms with Crippen LogP contribution < -0.4 is 14.8 Å². The third-order valence-electron chi connectivity index (χ3n) is 4.40. The van der Waals surface area contributed by atoms with Crippen molar-refractivity contribution in [3.63, 3.8) is 0 Å². The smallest absolute Gasteiger partial charge is 0.268 e. The fourth-order valence-electron chi connectivity index (χ4n) is 2.94. The zero-order chi connectivity index (χ0) is 25.6. The number of carbonyl (C=O) groups is 1. The summed E-state index contributed by atoms with van der Waals surface area (Å²) in [6, 6.07) is 12.6. The number of ether oxygens (including phenoxy) is 2. The Hall–Kier alpha value is -3.46. The van der Waals surface area contributed by atoms with Gasteiger partial charge >= 0.3 is 0 Å². The first-order valence-electron chi connectivity index (χ1n) is 10.2.